The van der Waals surface area contributed by atoms with Gasteiger partial charge >= 0.3 is 0 Å². The second kappa shape index (κ2) is 8.20. The van der Waals surface area contributed by atoms with Gasteiger partial charge in [0.25, 0.3) is 5.91 Å². The van der Waals surface area contributed by atoms with Gasteiger partial charge in [0.05, 0.1) is 37.1 Å². The Morgan fingerprint density at radius 1 is 1.23 bits per heavy atom. The number of ether oxygens (including phenoxy) is 3. The van der Waals surface area contributed by atoms with Crippen LogP contribution in [0.2, 0.25) is 0 Å². The van der Waals surface area contributed by atoms with Gasteiger partial charge in [-0.25, -0.2) is 4.98 Å². The SMILES string of the molecule is COc1ccc2sc(N(CC3CCCO3)C(=O)c3cc4cccc(OC)c4o3)nc2c1. The molecule has 0 saturated carbocycles. The Balaban J connectivity index is 1.55. The maximum atomic E-state index is 13.6. The zero-order chi connectivity index (χ0) is 21.4. The summed E-state index contributed by atoms with van der Waals surface area (Å²) < 4.78 is 23.4. The number of carbonyl (C=O) groups excluding carboxylic acids is 1. The molecule has 3 heterocycles. The van der Waals surface area contributed by atoms with Crippen molar-refractivity contribution in [3.05, 3.63) is 48.2 Å². The molecule has 1 saturated heterocycles. The molecule has 0 aliphatic carbocycles. The number of fused-ring (bicyclic) bond motifs is 2. The highest BCUT2D eigenvalue weighted by Gasteiger charge is 2.29. The number of hydrogen-bond acceptors (Lipinski definition) is 7. The van der Waals surface area contributed by atoms with Gasteiger partial charge in [-0.2, -0.15) is 0 Å². The fraction of sp³-hybridized carbons (Fsp3) is 0.304. The Labute approximate surface area is 183 Å². The van der Waals surface area contributed by atoms with Crippen LogP contribution in [0.1, 0.15) is 23.4 Å². The van der Waals surface area contributed by atoms with Crippen LogP contribution in [0.5, 0.6) is 11.5 Å². The molecule has 8 heteroatoms. The van der Waals surface area contributed by atoms with Crippen molar-refractivity contribution in [2.24, 2.45) is 0 Å². The number of aromatic nitrogens is 1. The van der Waals surface area contributed by atoms with Gasteiger partial charge in [0.15, 0.2) is 22.2 Å². The molecule has 7 nitrogen and oxygen atoms in total. The quantitative estimate of drug-likeness (QED) is 0.427. The summed E-state index contributed by atoms with van der Waals surface area (Å²) in [6.45, 7) is 1.13. The first-order valence-electron chi connectivity index (χ1n) is 10.1. The Hall–Kier alpha value is -3.10. The number of furan rings is 1. The van der Waals surface area contributed by atoms with E-state index in [1.165, 1.54) is 11.3 Å². The van der Waals surface area contributed by atoms with Gasteiger partial charge in [-0.05, 0) is 37.1 Å². The number of para-hydroxylation sites is 1. The van der Waals surface area contributed by atoms with E-state index >= 15 is 0 Å². The van der Waals surface area contributed by atoms with Crippen molar-refractivity contribution in [1.82, 2.24) is 4.98 Å². The largest absolute Gasteiger partial charge is 0.497 e. The second-order valence-corrected chi connectivity index (χ2v) is 8.38. The third-order valence-corrected chi connectivity index (χ3v) is 6.47. The molecule has 0 N–H and O–H groups in total. The van der Waals surface area contributed by atoms with Crippen LogP contribution < -0.4 is 14.4 Å². The number of benzene rings is 2. The predicted octanol–water partition coefficient (Wildman–Crippen LogP) is 4.89. The topological polar surface area (TPSA) is 74.0 Å². The van der Waals surface area contributed by atoms with Crippen molar-refractivity contribution < 1.29 is 23.4 Å². The maximum Gasteiger partial charge on any atom is 0.295 e. The molecule has 1 fully saturated rings. The molecule has 0 radical (unpaired) electrons. The van der Waals surface area contributed by atoms with Crippen LogP contribution in [0.25, 0.3) is 21.2 Å². The highest BCUT2D eigenvalue weighted by Crippen LogP contribution is 2.34. The Morgan fingerprint density at radius 2 is 2.13 bits per heavy atom. The van der Waals surface area contributed by atoms with Crippen LogP contribution in [0, 0.1) is 0 Å². The van der Waals surface area contributed by atoms with E-state index in [-0.39, 0.29) is 17.8 Å². The summed E-state index contributed by atoms with van der Waals surface area (Å²) in [4.78, 5) is 20.0. The molecule has 2 aromatic heterocycles. The first-order valence-corrected chi connectivity index (χ1v) is 10.9. The molecule has 0 spiro atoms. The summed E-state index contributed by atoms with van der Waals surface area (Å²) >= 11 is 1.46. The summed E-state index contributed by atoms with van der Waals surface area (Å²) in [5.41, 5.74) is 1.34. The molecule has 1 unspecified atom stereocenters. The fourth-order valence-corrected chi connectivity index (χ4v) is 4.77. The lowest BCUT2D eigenvalue weighted by molar-refractivity contribution is 0.0896. The lowest BCUT2D eigenvalue weighted by Gasteiger charge is -2.22. The number of methoxy groups -OCH3 is 2. The Bertz CT molecular complexity index is 1240. The monoisotopic (exact) mass is 438 g/mol. The highest BCUT2D eigenvalue weighted by atomic mass is 32.1. The molecule has 1 aliphatic heterocycles. The maximum absolute atomic E-state index is 13.6. The van der Waals surface area contributed by atoms with Crippen LogP contribution in [-0.2, 0) is 4.74 Å². The normalized spacial score (nSPS) is 16.1. The van der Waals surface area contributed by atoms with Crippen molar-refractivity contribution in [2.45, 2.75) is 18.9 Å². The van der Waals surface area contributed by atoms with E-state index in [2.05, 4.69) is 0 Å². The zero-order valence-corrected chi connectivity index (χ0v) is 18.1. The predicted molar refractivity (Wildman–Crippen MR) is 120 cm³/mol. The third-order valence-electron chi connectivity index (χ3n) is 5.41. The number of rotatable bonds is 6. The average Bonchev–Trinajstić information content (AvgIpc) is 3.54. The summed E-state index contributed by atoms with van der Waals surface area (Å²) in [5, 5.41) is 1.42. The molecular weight excluding hydrogens is 416 g/mol. The van der Waals surface area contributed by atoms with E-state index in [0.29, 0.717) is 29.6 Å². The highest BCUT2D eigenvalue weighted by molar-refractivity contribution is 7.22. The third kappa shape index (κ3) is 3.73. The number of carbonyl (C=O) groups is 1. The van der Waals surface area contributed by atoms with Gasteiger partial charge in [0, 0.05) is 18.1 Å². The van der Waals surface area contributed by atoms with Crippen LogP contribution in [0.15, 0.2) is 46.9 Å². The number of nitrogens with zero attached hydrogens (tertiary/aromatic N) is 2. The summed E-state index contributed by atoms with van der Waals surface area (Å²) in [5.74, 6) is 1.31. The van der Waals surface area contributed by atoms with Gasteiger partial charge in [-0.3, -0.25) is 9.69 Å². The van der Waals surface area contributed by atoms with Crippen molar-refractivity contribution in [3.63, 3.8) is 0 Å². The van der Waals surface area contributed by atoms with Gasteiger partial charge in [0.2, 0.25) is 0 Å². The van der Waals surface area contributed by atoms with Gasteiger partial charge in [-0.1, -0.05) is 23.5 Å². The Morgan fingerprint density at radius 3 is 2.90 bits per heavy atom. The lowest BCUT2D eigenvalue weighted by Crippen LogP contribution is -2.37. The van der Waals surface area contributed by atoms with Gasteiger partial charge in [0.1, 0.15) is 5.75 Å². The smallest absolute Gasteiger partial charge is 0.295 e. The van der Waals surface area contributed by atoms with E-state index in [4.69, 9.17) is 23.6 Å². The molecule has 1 atom stereocenters. The lowest BCUT2D eigenvalue weighted by atomic mass is 10.2. The van der Waals surface area contributed by atoms with Crippen molar-refractivity contribution in [3.8, 4) is 11.5 Å². The van der Waals surface area contributed by atoms with E-state index in [1.54, 1.807) is 25.2 Å². The summed E-state index contributed by atoms with van der Waals surface area (Å²) in [7, 11) is 3.20. The Kier molecular flexibility index (Phi) is 5.25. The fourth-order valence-electron chi connectivity index (χ4n) is 3.81. The average molecular weight is 439 g/mol. The first-order chi connectivity index (χ1) is 15.2. The molecular formula is C23H22N2O5S. The van der Waals surface area contributed by atoms with Crippen LogP contribution in [0.4, 0.5) is 5.13 Å². The second-order valence-electron chi connectivity index (χ2n) is 7.37. The molecule has 160 valence electrons. The van der Waals surface area contributed by atoms with Crippen molar-refractivity contribution >= 4 is 43.6 Å². The van der Waals surface area contributed by atoms with Crippen LogP contribution in [0.3, 0.4) is 0 Å². The summed E-state index contributed by atoms with van der Waals surface area (Å²) in [6, 6.07) is 13.0. The number of hydrogen-bond donors (Lipinski definition) is 0. The molecule has 2 aromatic carbocycles. The van der Waals surface area contributed by atoms with Crippen molar-refractivity contribution in [2.75, 3.05) is 32.3 Å². The molecule has 4 aromatic rings. The molecule has 1 amide bonds. The van der Waals surface area contributed by atoms with Crippen LogP contribution in [-0.4, -0.2) is 44.4 Å². The molecule has 1 aliphatic rings. The summed E-state index contributed by atoms with van der Waals surface area (Å²) in [6.07, 6.45) is 1.88. The minimum atomic E-state index is -0.250. The number of thiazole rings is 1. The van der Waals surface area contributed by atoms with E-state index in [1.807, 2.05) is 36.4 Å². The first kappa shape index (κ1) is 19.8. The van der Waals surface area contributed by atoms with Crippen molar-refractivity contribution in [1.29, 1.82) is 0 Å². The molecule has 5 rings (SSSR count). The van der Waals surface area contributed by atoms with Crippen LogP contribution >= 0.6 is 11.3 Å². The van der Waals surface area contributed by atoms with E-state index in [9.17, 15) is 4.79 Å². The molecule has 0 bridgehead atoms. The van der Waals surface area contributed by atoms with Gasteiger partial charge in [-0.15, -0.1) is 0 Å². The molecule has 31 heavy (non-hydrogen) atoms. The minimum Gasteiger partial charge on any atom is -0.497 e. The number of anilines is 1. The van der Waals surface area contributed by atoms with E-state index in [0.717, 1.165) is 34.2 Å². The van der Waals surface area contributed by atoms with Gasteiger partial charge < -0.3 is 18.6 Å². The minimum absolute atomic E-state index is 0.0237. The number of amides is 1. The zero-order valence-electron chi connectivity index (χ0n) is 17.3. The standard InChI is InChI=1S/C23H22N2O5S/c1-27-15-8-9-20-17(12-15)24-23(31-20)25(13-16-6-4-10-29-16)22(26)19-11-14-5-3-7-18(28-2)21(14)30-19/h3,5,7-9,11-12,16H,4,6,10,13H2,1-2H3. The van der Waals surface area contributed by atoms with E-state index < -0.39 is 0 Å².